The second-order valence-electron chi connectivity index (χ2n) is 5.93. The molecule has 0 aliphatic rings. The maximum atomic E-state index is 4.51. The largest absolute Gasteiger partial charge is 0.356 e. The molecule has 0 fully saturated rings. The maximum Gasteiger partial charge on any atom is 0.193 e. The Morgan fingerprint density at radius 2 is 1.88 bits per heavy atom. The van der Waals surface area contributed by atoms with Crippen molar-refractivity contribution in [3.05, 3.63) is 51.0 Å². The van der Waals surface area contributed by atoms with E-state index in [1.165, 1.54) is 16.7 Å². The molecule has 2 rings (SSSR count). The zero-order valence-electron chi connectivity index (χ0n) is 15.1. The van der Waals surface area contributed by atoms with Crippen molar-refractivity contribution in [2.45, 2.75) is 33.7 Å². The molecule has 0 saturated carbocycles. The predicted octanol–water partition coefficient (Wildman–Crippen LogP) is 3.94. The van der Waals surface area contributed by atoms with Crippen LogP contribution >= 0.6 is 35.3 Å². The van der Waals surface area contributed by atoms with Gasteiger partial charge in [0.05, 0.1) is 17.2 Å². The molecule has 1 aromatic heterocycles. The fourth-order valence-corrected chi connectivity index (χ4v) is 3.32. The summed E-state index contributed by atoms with van der Waals surface area (Å²) in [6, 6.07) is 6.71. The van der Waals surface area contributed by atoms with Crippen LogP contribution in [0, 0.1) is 20.8 Å². The van der Waals surface area contributed by atoms with Gasteiger partial charge in [-0.15, -0.1) is 35.3 Å². The van der Waals surface area contributed by atoms with Gasteiger partial charge in [0.25, 0.3) is 0 Å². The van der Waals surface area contributed by atoms with Crippen LogP contribution in [0.1, 0.15) is 27.4 Å². The van der Waals surface area contributed by atoms with Gasteiger partial charge in [0.1, 0.15) is 0 Å². The molecule has 0 radical (unpaired) electrons. The number of hydrogen-bond acceptors (Lipinski definition) is 3. The number of aromatic nitrogens is 1. The van der Waals surface area contributed by atoms with Crippen molar-refractivity contribution in [1.82, 2.24) is 15.2 Å². The monoisotopic (exact) mass is 458 g/mol. The SMILES string of the molecule is CN=C(NCCc1cc(C)cc(C)c1)N(C)Cc1csc(C)n1.I. The Morgan fingerprint density at radius 1 is 1.21 bits per heavy atom. The van der Waals surface area contributed by atoms with Crippen molar-refractivity contribution in [2.24, 2.45) is 4.99 Å². The standard InChI is InChI=1S/C18H26N4S.HI/c1-13-8-14(2)10-16(9-13)6-7-20-18(19-4)22(5)11-17-12-23-15(3)21-17;/h8-10,12H,6-7,11H2,1-5H3,(H,19,20);1H. The fourth-order valence-electron chi connectivity index (χ4n) is 2.72. The third-order valence-electron chi connectivity index (χ3n) is 3.62. The van der Waals surface area contributed by atoms with Crippen molar-refractivity contribution >= 4 is 41.3 Å². The Bertz CT molecular complexity index is 661. The van der Waals surface area contributed by atoms with Gasteiger partial charge < -0.3 is 10.2 Å². The van der Waals surface area contributed by atoms with Gasteiger partial charge in [-0.25, -0.2) is 4.98 Å². The van der Waals surface area contributed by atoms with Gasteiger partial charge in [0.2, 0.25) is 0 Å². The summed E-state index contributed by atoms with van der Waals surface area (Å²) in [7, 11) is 3.86. The highest BCUT2D eigenvalue weighted by Gasteiger charge is 2.08. The number of rotatable bonds is 5. The highest BCUT2D eigenvalue weighted by molar-refractivity contribution is 14.0. The second-order valence-corrected chi connectivity index (χ2v) is 7.00. The highest BCUT2D eigenvalue weighted by Crippen LogP contribution is 2.10. The predicted molar refractivity (Wildman–Crippen MR) is 115 cm³/mol. The van der Waals surface area contributed by atoms with Crippen LogP contribution in [0.3, 0.4) is 0 Å². The van der Waals surface area contributed by atoms with Gasteiger partial charge in [-0.05, 0) is 32.8 Å². The Hall–Kier alpha value is -1.15. The van der Waals surface area contributed by atoms with Crippen LogP contribution in [0.5, 0.6) is 0 Å². The number of nitrogens with zero attached hydrogens (tertiary/aromatic N) is 3. The molecule has 0 spiro atoms. The zero-order chi connectivity index (χ0) is 16.8. The number of halogens is 1. The van der Waals surface area contributed by atoms with E-state index < -0.39 is 0 Å². The van der Waals surface area contributed by atoms with Gasteiger partial charge >= 0.3 is 0 Å². The van der Waals surface area contributed by atoms with E-state index in [9.17, 15) is 0 Å². The van der Waals surface area contributed by atoms with E-state index in [4.69, 9.17) is 0 Å². The molecule has 132 valence electrons. The average Bonchev–Trinajstić information content (AvgIpc) is 2.87. The molecule has 1 N–H and O–H groups in total. The van der Waals surface area contributed by atoms with Gasteiger partial charge in [-0.2, -0.15) is 0 Å². The molecular formula is C18H27IN4S. The van der Waals surface area contributed by atoms with E-state index in [-0.39, 0.29) is 24.0 Å². The van der Waals surface area contributed by atoms with Gasteiger partial charge in [0.15, 0.2) is 5.96 Å². The molecule has 0 atom stereocenters. The van der Waals surface area contributed by atoms with E-state index >= 15 is 0 Å². The van der Waals surface area contributed by atoms with E-state index in [0.717, 1.165) is 36.2 Å². The van der Waals surface area contributed by atoms with Gasteiger partial charge in [-0.1, -0.05) is 29.3 Å². The smallest absolute Gasteiger partial charge is 0.193 e. The lowest BCUT2D eigenvalue weighted by molar-refractivity contribution is 0.471. The molecule has 0 saturated heterocycles. The average molecular weight is 458 g/mol. The number of benzene rings is 1. The van der Waals surface area contributed by atoms with E-state index in [1.54, 1.807) is 11.3 Å². The molecule has 4 nitrogen and oxygen atoms in total. The third-order valence-corrected chi connectivity index (χ3v) is 4.44. The van der Waals surface area contributed by atoms with Crippen molar-refractivity contribution in [3.8, 4) is 0 Å². The minimum absolute atomic E-state index is 0. The molecule has 0 unspecified atom stereocenters. The van der Waals surface area contributed by atoms with Crippen molar-refractivity contribution in [2.75, 3.05) is 20.6 Å². The van der Waals surface area contributed by atoms with Gasteiger partial charge in [-0.3, -0.25) is 4.99 Å². The lowest BCUT2D eigenvalue weighted by Crippen LogP contribution is -2.39. The zero-order valence-corrected chi connectivity index (χ0v) is 18.2. The molecule has 6 heteroatoms. The number of nitrogens with one attached hydrogen (secondary N) is 1. The Balaban J connectivity index is 0.00000288. The van der Waals surface area contributed by atoms with Crippen LogP contribution < -0.4 is 5.32 Å². The molecule has 0 amide bonds. The van der Waals surface area contributed by atoms with Crippen LogP contribution in [0.25, 0.3) is 0 Å². The molecule has 1 aromatic carbocycles. The van der Waals surface area contributed by atoms with Crippen LogP contribution in [0.2, 0.25) is 0 Å². The minimum atomic E-state index is 0. The number of thiazole rings is 1. The summed E-state index contributed by atoms with van der Waals surface area (Å²) in [5.41, 5.74) is 5.09. The van der Waals surface area contributed by atoms with E-state index in [2.05, 4.69) is 57.6 Å². The maximum absolute atomic E-state index is 4.51. The van der Waals surface area contributed by atoms with Crippen LogP contribution in [0.4, 0.5) is 0 Å². The molecule has 1 heterocycles. The normalized spacial score (nSPS) is 11.1. The number of guanidine groups is 1. The van der Waals surface area contributed by atoms with Crippen LogP contribution in [0.15, 0.2) is 28.6 Å². The number of hydrogen-bond donors (Lipinski definition) is 1. The minimum Gasteiger partial charge on any atom is -0.356 e. The molecule has 2 aromatic rings. The first-order valence-corrected chi connectivity index (χ1v) is 8.76. The van der Waals surface area contributed by atoms with Crippen LogP contribution in [-0.4, -0.2) is 36.5 Å². The summed E-state index contributed by atoms with van der Waals surface area (Å²) in [5, 5.41) is 6.64. The molecule has 0 aliphatic heterocycles. The Labute approximate surface area is 166 Å². The Kier molecular flexibility index (Phi) is 8.69. The lowest BCUT2D eigenvalue weighted by atomic mass is 10.1. The second kappa shape index (κ2) is 9.98. The van der Waals surface area contributed by atoms with E-state index in [0.29, 0.717) is 0 Å². The van der Waals surface area contributed by atoms with E-state index in [1.807, 2.05) is 21.0 Å². The molecular weight excluding hydrogens is 431 g/mol. The first-order valence-electron chi connectivity index (χ1n) is 7.88. The first-order chi connectivity index (χ1) is 11.0. The summed E-state index contributed by atoms with van der Waals surface area (Å²) in [6.45, 7) is 7.97. The highest BCUT2D eigenvalue weighted by atomic mass is 127. The number of aliphatic imine (C=N–C) groups is 1. The number of aryl methyl sites for hydroxylation is 3. The Morgan fingerprint density at radius 3 is 2.42 bits per heavy atom. The van der Waals surface area contributed by atoms with Crippen molar-refractivity contribution < 1.29 is 0 Å². The summed E-state index contributed by atoms with van der Waals surface area (Å²) in [4.78, 5) is 11.0. The molecule has 24 heavy (non-hydrogen) atoms. The summed E-state index contributed by atoms with van der Waals surface area (Å²) in [5.74, 6) is 0.903. The summed E-state index contributed by atoms with van der Waals surface area (Å²) in [6.07, 6.45) is 0.991. The first kappa shape index (κ1) is 20.9. The van der Waals surface area contributed by atoms with Crippen molar-refractivity contribution in [3.63, 3.8) is 0 Å². The molecule has 0 bridgehead atoms. The van der Waals surface area contributed by atoms with Crippen molar-refractivity contribution in [1.29, 1.82) is 0 Å². The van der Waals surface area contributed by atoms with Crippen LogP contribution in [-0.2, 0) is 13.0 Å². The summed E-state index contributed by atoms with van der Waals surface area (Å²) < 4.78 is 0. The lowest BCUT2D eigenvalue weighted by Gasteiger charge is -2.21. The fraction of sp³-hybridized carbons (Fsp3) is 0.444. The molecule has 0 aliphatic carbocycles. The quantitative estimate of drug-likeness (QED) is 0.419. The summed E-state index contributed by atoms with van der Waals surface area (Å²) >= 11 is 1.69. The van der Waals surface area contributed by atoms with Gasteiger partial charge in [0, 0.05) is 26.0 Å². The topological polar surface area (TPSA) is 40.5 Å². The third kappa shape index (κ3) is 6.39.